The van der Waals surface area contributed by atoms with E-state index in [9.17, 15) is 18.0 Å². The second-order valence-corrected chi connectivity index (χ2v) is 7.27. The molecule has 3 rings (SSSR count). The highest BCUT2D eigenvalue weighted by Crippen LogP contribution is 2.30. The Labute approximate surface area is 165 Å². The predicted molar refractivity (Wildman–Crippen MR) is 105 cm³/mol. The van der Waals surface area contributed by atoms with Crippen molar-refractivity contribution >= 4 is 22.4 Å². The van der Waals surface area contributed by atoms with Gasteiger partial charge in [-0.3, -0.25) is 4.79 Å². The third kappa shape index (κ3) is 5.19. The Kier molecular flexibility index (Phi) is 6.14. The van der Waals surface area contributed by atoms with Gasteiger partial charge in [0.05, 0.1) is 17.7 Å². The molecule has 0 saturated carbocycles. The molecule has 0 fully saturated rings. The number of rotatable bonds is 6. The van der Waals surface area contributed by atoms with Crippen molar-refractivity contribution in [1.29, 1.82) is 0 Å². The Bertz CT molecular complexity index is 949. The summed E-state index contributed by atoms with van der Waals surface area (Å²) >= 11 is 1.28. The number of thiazole rings is 1. The molecule has 0 unspecified atom stereocenters. The van der Waals surface area contributed by atoms with Crippen molar-refractivity contribution in [1.82, 2.24) is 4.98 Å². The van der Waals surface area contributed by atoms with Crippen molar-refractivity contribution in [2.45, 2.75) is 32.4 Å². The van der Waals surface area contributed by atoms with Gasteiger partial charge >= 0.3 is 6.18 Å². The summed E-state index contributed by atoms with van der Waals surface area (Å²) in [4.78, 5) is 16.6. The first-order chi connectivity index (χ1) is 13.3. The lowest BCUT2D eigenvalue weighted by molar-refractivity contribution is -0.137. The van der Waals surface area contributed by atoms with Gasteiger partial charge in [-0.1, -0.05) is 55.8 Å². The molecule has 1 N–H and O–H groups in total. The molecule has 0 radical (unpaired) electrons. The second-order valence-electron chi connectivity index (χ2n) is 6.41. The van der Waals surface area contributed by atoms with Crippen LogP contribution in [0.15, 0.2) is 53.9 Å². The summed E-state index contributed by atoms with van der Waals surface area (Å²) in [5, 5.41) is 4.92. The number of alkyl halides is 3. The summed E-state index contributed by atoms with van der Waals surface area (Å²) in [5.41, 5.74) is 2.50. The number of nitrogens with zero attached hydrogens (tertiary/aromatic N) is 1. The van der Waals surface area contributed by atoms with Crippen molar-refractivity contribution in [3.05, 3.63) is 70.6 Å². The van der Waals surface area contributed by atoms with Crippen molar-refractivity contribution in [2.24, 2.45) is 0 Å². The fraction of sp³-hybridized carbons (Fsp3) is 0.238. The lowest BCUT2D eigenvalue weighted by atomic mass is 10.1. The number of aryl methyl sites for hydroxylation is 1. The minimum absolute atomic E-state index is 0.148. The standard InChI is InChI=1S/C21H19F3N2OS/c1-2-4-14-7-9-16(10-8-14)18-13-28-20(25-18)26-19(27)12-15-5-3-6-17(11-15)21(22,23)24/h3,5-11,13H,2,4,12H2,1H3,(H,25,26,27). The molecule has 0 spiro atoms. The van der Waals surface area contributed by atoms with Crippen LogP contribution in [-0.4, -0.2) is 10.9 Å². The highest BCUT2D eigenvalue weighted by atomic mass is 32.1. The van der Waals surface area contributed by atoms with Gasteiger partial charge in [0.15, 0.2) is 5.13 Å². The zero-order valence-electron chi connectivity index (χ0n) is 15.2. The molecule has 1 heterocycles. The van der Waals surface area contributed by atoms with E-state index in [1.165, 1.54) is 29.0 Å². The summed E-state index contributed by atoms with van der Waals surface area (Å²) in [5.74, 6) is -0.404. The molecule has 3 nitrogen and oxygen atoms in total. The Morgan fingerprint density at radius 2 is 1.86 bits per heavy atom. The number of nitrogens with one attached hydrogen (secondary N) is 1. The largest absolute Gasteiger partial charge is 0.416 e. The van der Waals surface area contributed by atoms with Crippen LogP contribution in [0, 0.1) is 0 Å². The number of aromatic nitrogens is 1. The number of hydrogen-bond acceptors (Lipinski definition) is 3. The number of amides is 1. The fourth-order valence-electron chi connectivity index (χ4n) is 2.80. The van der Waals surface area contributed by atoms with Crippen LogP contribution in [0.5, 0.6) is 0 Å². The molecular weight excluding hydrogens is 385 g/mol. The molecule has 0 saturated heterocycles. The molecule has 0 aliphatic heterocycles. The van der Waals surface area contributed by atoms with Crippen LogP contribution in [0.3, 0.4) is 0 Å². The molecular formula is C21H19F3N2OS. The van der Waals surface area contributed by atoms with Crippen molar-refractivity contribution in [3.63, 3.8) is 0 Å². The highest BCUT2D eigenvalue weighted by molar-refractivity contribution is 7.14. The molecule has 28 heavy (non-hydrogen) atoms. The summed E-state index contributed by atoms with van der Waals surface area (Å²) < 4.78 is 38.3. The van der Waals surface area contributed by atoms with E-state index in [0.717, 1.165) is 36.2 Å². The van der Waals surface area contributed by atoms with Crippen molar-refractivity contribution < 1.29 is 18.0 Å². The van der Waals surface area contributed by atoms with Crippen LogP contribution in [-0.2, 0) is 23.8 Å². The van der Waals surface area contributed by atoms with Crippen LogP contribution >= 0.6 is 11.3 Å². The average Bonchev–Trinajstić information content (AvgIpc) is 3.10. The molecule has 2 aromatic carbocycles. The molecule has 7 heteroatoms. The number of carbonyl (C=O) groups is 1. The van der Waals surface area contributed by atoms with Gasteiger partial charge in [0.2, 0.25) is 5.91 Å². The van der Waals surface area contributed by atoms with Crippen LogP contribution in [0.4, 0.5) is 18.3 Å². The van der Waals surface area contributed by atoms with E-state index in [4.69, 9.17) is 0 Å². The zero-order chi connectivity index (χ0) is 20.1. The lowest BCUT2D eigenvalue weighted by Crippen LogP contribution is -2.15. The summed E-state index contributed by atoms with van der Waals surface area (Å²) in [6.45, 7) is 2.13. The first-order valence-electron chi connectivity index (χ1n) is 8.86. The third-order valence-corrected chi connectivity index (χ3v) is 4.92. The summed E-state index contributed by atoms with van der Waals surface area (Å²) in [6, 6.07) is 12.9. The van der Waals surface area contributed by atoms with E-state index in [-0.39, 0.29) is 6.42 Å². The minimum Gasteiger partial charge on any atom is -0.302 e. The molecule has 0 atom stereocenters. The van der Waals surface area contributed by atoms with Gasteiger partial charge in [0.1, 0.15) is 0 Å². The van der Waals surface area contributed by atoms with Crippen molar-refractivity contribution in [2.75, 3.05) is 5.32 Å². The number of halogens is 3. The molecule has 0 aliphatic rings. The van der Waals surface area contributed by atoms with E-state index in [1.807, 2.05) is 17.5 Å². The van der Waals surface area contributed by atoms with Crippen LogP contribution in [0.25, 0.3) is 11.3 Å². The highest BCUT2D eigenvalue weighted by Gasteiger charge is 2.30. The first kappa shape index (κ1) is 20.1. The van der Waals surface area contributed by atoms with Gasteiger partial charge in [-0.05, 0) is 23.6 Å². The Morgan fingerprint density at radius 3 is 2.54 bits per heavy atom. The van der Waals surface area contributed by atoms with E-state index in [2.05, 4.69) is 29.4 Å². The number of carbonyl (C=O) groups excluding carboxylic acids is 1. The molecule has 1 amide bonds. The van der Waals surface area contributed by atoms with Crippen LogP contribution in [0.2, 0.25) is 0 Å². The van der Waals surface area contributed by atoms with E-state index >= 15 is 0 Å². The Hall–Kier alpha value is -2.67. The predicted octanol–water partition coefficient (Wildman–Crippen LogP) is 5.96. The monoisotopic (exact) mass is 404 g/mol. The second kappa shape index (κ2) is 8.56. The summed E-state index contributed by atoms with van der Waals surface area (Å²) in [7, 11) is 0. The molecule has 0 aliphatic carbocycles. The van der Waals surface area contributed by atoms with Gasteiger partial charge < -0.3 is 5.32 Å². The maximum atomic E-state index is 12.8. The van der Waals surface area contributed by atoms with Crippen LogP contribution in [0.1, 0.15) is 30.0 Å². The minimum atomic E-state index is -4.43. The quantitative estimate of drug-likeness (QED) is 0.551. The van der Waals surface area contributed by atoms with Gasteiger partial charge in [0, 0.05) is 10.9 Å². The zero-order valence-corrected chi connectivity index (χ0v) is 16.0. The topological polar surface area (TPSA) is 42.0 Å². The normalized spacial score (nSPS) is 11.4. The smallest absolute Gasteiger partial charge is 0.302 e. The maximum absolute atomic E-state index is 12.8. The van der Waals surface area contributed by atoms with Gasteiger partial charge in [-0.2, -0.15) is 13.2 Å². The number of hydrogen-bond donors (Lipinski definition) is 1. The number of benzene rings is 2. The summed E-state index contributed by atoms with van der Waals surface area (Å²) in [6.07, 6.45) is -2.47. The van der Waals surface area contributed by atoms with Crippen molar-refractivity contribution in [3.8, 4) is 11.3 Å². The van der Waals surface area contributed by atoms with Gasteiger partial charge in [-0.25, -0.2) is 4.98 Å². The van der Waals surface area contributed by atoms with Gasteiger partial charge in [-0.15, -0.1) is 11.3 Å². The van der Waals surface area contributed by atoms with Crippen LogP contribution < -0.4 is 5.32 Å². The first-order valence-corrected chi connectivity index (χ1v) is 9.74. The molecule has 146 valence electrons. The average molecular weight is 404 g/mol. The van der Waals surface area contributed by atoms with Gasteiger partial charge in [0.25, 0.3) is 0 Å². The SMILES string of the molecule is CCCc1ccc(-c2csc(NC(=O)Cc3cccc(C(F)(F)F)c3)n2)cc1. The molecule has 0 bridgehead atoms. The van der Waals surface area contributed by atoms with E-state index < -0.39 is 17.6 Å². The fourth-order valence-corrected chi connectivity index (χ4v) is 3.54. The number of anilines is 1. The molecule has 1 aromatic heterocycles. The van der Waals surface area contributed by atoms with E-state index in [1.54, 1.807) is 0 Å². The Balaban J connectivity index is 1.64. The lowest BCUT2D eigenvalue weighted by Gasteiger charge is -2.08. The maximum Gasteiger partial charge on any atom is 0.416 e. The third-order valence-electron chi connectivity index (χ3n) is 4.16. The van der Waals surface area contributed by atoms with E-state index in [0.29, 0.717) is 10.7 Å². The Morgan fingerprint density at radius 1 is 1.11 bits per heavy atom. The molecule has 3 aromatic rings.